The van der Waals surface area contributed by atoms with Crippen LogP contribution in [0.5, 0.6) is 0 Å². The molecular formula is C16H18N4OS. The van der Waals surface area contributed by atoms with Crippen molar-refractivity contribution >= 4 is 11.3 Å². The van der Waals surface area contributed by atoms with Crippen LogP contribution >= 0.6 is 11.3 Å². The van der Waals surface area contributed by atoms with Crippen molar-refractivity contribution in [2.75, 3.05) is 7.05 Å². The Morgan fingerprint density at radius 2 is 1.95 bits per heavy atom. The van der Waals surface area contributed by atoms with E-state index < -0.39 is 0 Å². The Hall–Kier alpha value is -2.05. The highest BCUT2D eigenvalue weighted by atomic mass is 32.1. The molecule has 2 aromatic heterocycles. The van der Waals surface area contributed by atoms with Gasteiger partial charge in [0.25, 0.3) is 0 Å². The fraction of sp³-hybridized carbons (Fsp3) is 0.312. The average molecular weight is 314 g/mol. The van der Waals surface area contributed by atoms with E-state index in [4.69, 9.17) is 9.51 Å². The molecule has 0 aliphatic rings. The summed E-state index contributed by atoms with van der Waals surface area (Å²) in [7, 11) is 2.03. The van der Waals surface area contributed by atoms with E-state index in [9.17, 15) is 0 Å². The molecule has 0 unspecified atom stereocenters. The molecule has 0 saturated carbocycles. The van der Waals surface area contributed by atoms with Crippen molar-refractivity contribution < 1.29 is 4.52 Å². The first kappa shape index (κ1) is 14.9. The second-order valence-corrected chi connectivity index (χ2v) is 6.00. The molecular weight excluding hydrogens is 296 g/mol. The first-order chi connectivity index (χ1) is 10.7. The minimum Gasteiger partial charge on any atom is -0.339 e. The van der Waals surface area contributed by atoms with E-state index in [1.807, 2.05) is 32.2 Å². The average Bonchev–Trinajstić information content (AvgIpc) is 3.17. The maximum absolute atomic E-state index is 5.13. The van der Waals surface area contributed by atoms with E-state index in [0.717, 1.165) is 35.1 Å². The minimum absolute atomic E-state index is 0.654. The molecule has 5 nitrogen and oxygen atoms in total. The Morgan fingerprint density at radius 3 is 2.68 bits per heavy atom. The van der Waals surface area contributed by atoms with Crippen LogP contribution in [0.3, 0.4) is 0 Å². The van der Waals surface area contributed by atoms with Gasteiger partial charge in [-0.1, -0.05) is 42.4 Å². The zero-order valence-electron chi connectivity index (χ0n) is 12.7. The smallest absolute Gasteiger partial charge is 0.226 e. The standard InChI is InChI=1S/C16H18N4OS/c1-3-15-18-14(19-21-15)10-20(2)9-13-11-22-16(17-13)12-7-5-4-6-8-12/h4-8,11H,3,9-10H2,1-2H3. The van der Waals surface area contributed by atoms with Crippen molar-refractivity contribution in [3.05, 3.63) is 53.1 Å². The van der Waals surface area contributed by atoms with Gasteiger partial charge < -0.3 is 4.52 Å². The first-order valence-electron chi connectivity index (χ1n) is 7.24. The molecule has 3 rings (SSSR count). The van der Waals surface area contributed by atoms with Gasteiger partial charge in [-0.2, -0.15) is 4.98 Å². The number of hydrogen-bond donors (Lipinski definition) is 0. The topological polar surface area (TPSA) is 55.1 Å². The lowest BCUT2D eigenvalue weighted by molar-refractivity contribution is 0.297. The zero-order valence-corrected chi connectivity index (χ0v) is 13.5. The van der Waals surface area contributed by atoms with Crippen LogP contribution < -0.4 is 0 Å². The Morgan fingerprint density at radius 1 is 1.14 bits per heavy atom. The van der Waals surface area contributed by atoms with Gasteiger partial charge in [0.1, 0.15) is 5.01 Å². The van der Waals surface area contributed by atoms with Crippen molar-refractivity contribution in [2.45, 2.75) is 26.4 Å². The molecule has 0 spiro atoms. The predicted octanol–water partition coefficient (Wildman–Crippen LogP) is 3.39. The fourth-order valence-corrected chi connectivity index (χ4v) is 2.98. The minimum atomic E-state index is 0.654. The molecule has 6 heteroatoms. The third-order valence-electron chi connectivity index (χ3n) is 3.23. The normalized spacial score (nSPS) is 11.2. The molecule has 1 aromatic carbocycles. The molecule has 0 N–H and O–H groups in total. The summed E-state index contributed by atoms with van der Waals surface area (Å²) >= 11 is 1.67. The first-order valence-corrected chi connectivity index (χ1v) is 8.12. The van der Waals surface area contributed by atoms with Crippen molar-refractivity contribution in [3.63, 3.8) is 0 Å². The fourth-order valence-electron chi connectivity index (χ4n) is 2.16. The van der Waals surface area contributed by atoms with Crippen LogP contribution in [0.1, 0.15) is 24.3 Å². The zero-order chi connectivity index (χ0) is 15.4. The molecule has 0 atom stereocenters. The maximum atomic E-state index is 5.13. The van der Waals surface area contributed by atoms with Gasteiger partial charge in [0.15, 0.2) is 5.82 Å². The molecule has 0 amide bonds. The number of rotatable bonds is 6. The Labute approximate surface area is 133 Å². The monoisotopic (exact) mass is 314 g/mol. The van der Waals surface area contributed by atoms with E-state index in [-0.39, 0.29) is 0 Å². The van der Waals surface area contributed by atoms with Gasteiger partial charge in [0.05, 0.1) is 12.2 Å². The van der Waals surface area contributed by atoms with Gasteiger partial charge in [-0.3, -0.25) is 4.90 Å². The third-order valence-corrected chi connectivity index (χ3v) is 4.17. The number of aryl methyl sites for hydroxylation is 1. The second-order valence-electron chi connectivity index (χ2n) is 5.14. The van der Waals surface area contributed by atoms with Crippen LogP contribution in [0.2, 0.25) is 0 Å². The summed E-state index contributed by atoms with van der Waals surface area (Å²) in [5.74, 6) is 1.40. The summed E-state index contributed by atoms with van der Waals surface area (Å²) in [5.41, 5.74) is 2.22. The Balaban J connectivity index is 1.62. The lowest BCUT2D eigenvalue weighted by Gasteiger charge is -2.12. The van der Waals surface area contributed by atoms with E-state index >= 15 is 0 Å². The largest absolute Gasteiger partial charge is 0.339 e. The van der Waals surface area contributed by atoms with Gasteiger partial charge in [0, 0.05) is 23.9 Å². The van der Waals surface area contributed by atoms with Crippen molar-refractivity contribution in [2.24, 2.45) is 0 Å². The van der Waals surface area contributed by atoms with E-state index in [1.54, 1.807) is 11.3 Å². The number of hydrogen-bond acceptors (Lipinski definition) is 6. The van der Waals surface area contributed by atoms with Crippen LogP contribution in [0.25, 0.3) is 10.6 Å². The van der Waals surface area contributed by atoms with Crippen LogP contribution in [0.15, 0.2) is 40.2 Å². The molecule has 2 heterocycles. The second kappa shape index (κ2) is 6.81. The van der Waals surface area contributed by atoms with Gasteiger partial charge in [-0.05, 0) is 7.05 Å². The van der Waals surface area contributed by atoms with Gasteiger partial charge in [-0.25, -0.2) is 4.98 Å². The third kappa shape index (κ3) is 3.58. The predicted molar refractivity (Wildman–Crippen MR) is 86.4 cm³/mol. The number of thiazole rings is 1. The highest BCUT2D eigenvalue weighted by Crippen LogP contribution is 2.23. The van der Waals surface area contributed by atoms with Gasteiger partial charge in [-0.15, -0.1) is 11.3 Å². The molecule has 0 aliphatic carbocycles. The molecule has 114 valence electrons. The Kier molecular flexibility index (Phi) is 4.60. The molecule has 0 bridgehead atoms. The van der Waals surface area contributed by atoms with E-state index in [2.05, 4.69) is 32.6 Å². The number of aromatic nitrogens is 3. The van der Waals surface area contributed by atoms with E-state index in [0.29, 0.717) is 12.4 Å². The summed E-state index contributed by atoms with van der Waals surface area (Å²) in [6, 6.07) is 10.2. The summed E-state index contributed by atoms with van der Waals surface area (Å²) in [4.78, 5) is 11.2. The van der Waals surface area contributed by atoms with Crippen LogP contribution in [0, 0.1) is 0 Å². The Bertz CT molecular complexity index is 723. The molecule has 22 heavy (non-hydrogen) atoms. The molecule has 3 aromatic rings. The van der Waals surface area contributed by atoms with Crippen molar-refractivity contribution in [1.29, 1.82) is 0 Å². The molecule has 0 saturated heterocycles. The molecule has 0 aliphatic heterocycles. The molecule has 0 fully saturated rings. The maximum Gasteiger partial charge on any atom is 0.226 e. The lowest BCUT2D eigenvalue weighted by Crippen LogP contribution is -2.18. The summed E-state index contributed by atoms with van der Waals surface area (Å²) in [6.45, 7) is 3.42. The van der Waals surface area contributed by atoms with Gasteiger partial charge >= 0.3 is 0 Å². The van der Waals surface area contributed by atoms with Crippen molar-refractivity contribution in [3.8, 4) is 10.6 Å². The van der Waals surface area contributed by atoms with Crippen molar-refractivity contribution in [1.82, 2.24) is 20.0 Å². The van der Waals surface area contributed by atoms with E-state index in [1.165, 1.54) is 0 Å². The quantitative estimate of drug-likeness (QED) is 0.698. The van der Waals surface area contributed by atoms with Crippen LogP contribution in [-0.2, 0) is 19.5 Å². The molecule has 0 radical (unpaired) electrons. The van der Waals surface area contributed by atoms with Crippen LogP contribution in [-0.4, -0.2) is 27.1 Å². The highest BCUT2D eigenvalue weighted by Gasteiger charge is 2.10. The highest BCUT2D eigenvalue weighted by molar-refractivity contribution is 7.13. The van der Waals surface area contributed by atoms with Crippen LogP contribution in [0.4, 0.5) is 0 Å². The summed E-state index contributed by atoms with van der Waals surface area (Å²) < 4.78 is 5.13. The SMILES string of the molecule is CCc1nc(CN(C)Cc2csc(-c3ccccc3)n2)no1. The summed E-state index contributed by atoms with van der Waals surface area (Å²) in [6.07, 6.45) is 0.767. The lowest BCUT2D eigenvalue weighted by atomic mass is 10.2. The van der Waals surface area contributed by atoms with Gasteiger partial charge in [0.2, 0.25) is 5.89 Å². The number of benzene rings is 1. The summed E-state index contributed by atoms with van der Waals surface area (Å²) in [5, 5.41) is 7.13. The number of nitrogens with zero attached hydrogens (tertiary/aromatic N) is 4.